The van der Waals surface area contributed by atoms with Crippen LogP contribution in [0.5, 0.6) is 0 Å². The van der Waals surface area contributed by atoms with Gasteiger partial charge in [-0.2, -0.15) is 11.8 Å². The van der Waals surface area contributed by atoms with Gasteiger partial charge in [-0.15, -0.1) is 0 Å². The van der Waals surface area contributed by atoms with Crippen molar-refractivity contribution in [3.63, 3.8) is 0 Å². The maximum absolute atomic E-state index is 11.7. The van der Waals surface area contributed by atoms with Gasteiger partial charge in [0.05, 0.1) is 6.10 Å². The minimum atomic E-state index is -1.01. The molecule has 0 heterocycles. The Morgan fingerprint density at radius 3 is 2.47 bits per heavy atom. The highest BCUT2D eigenvalue weighted by atomic mass is 32.2. The number of carbonyl (C=O) groups is 2. The first-order chi connectivity index (χ1) is 9.02. The van der Waals surface area contributed by atoms with Crippen LogP contribution >= 0.6 is 11.8 Å². The van der Waals surface area contributed by atoms with E-state index in [1.54, 1.807) is 11.8 Å². The quantitative estimate of drug-likeness (QED) is 0.580. The molecule has 0 aliphatic heterocycles. The Morgan fingerprint density at radius 1 is 1.32 bits per heavy atom. The summed E-state index contributed by atoms with van der Waals surface area (Å²) < 4.78 is 0. The second-order valence-electron chi connectivity index (χ2n) is 4.80. The average Bonchev–Trinajstić information content (AvgIpc) is 2.37. The Labute approximate surface area is 117 Å². The predicted molar refractivity (Wildman–Crippen MR) is 74.4 cm³/mol. The normalized spacial score (nSPS) is 24.5. The fourth-order valence-corrected chi connectivity index (χ4v) is 2.57. The average molecular weight is 290 g/mol. The summed E-state index contributed by atoms with van der Waals surface area (Å²) in [5.74, 6) is -0.323. The Hall–Kier alpha value is -0.950. The predicted octanol–water partition coefficient (Wildman–Crippen LogP) is 0.795. The molecule has 1 fully saturated rings. The molecule has 1 aliphatic rings. The van der Waals surface area contributed by atoms with Gasteiger partial charge in [0.2, 0.25) is 0 Å². The largest absolute Gasteiger partial charge is 0.480 e. The van der Waals surface area contributed by atoms with E-state index in [-0.39, 0.29) is 12.1 Å². The molecule has 4 N–H and O–H groups in total. The molecule has 0 radical (unpaired) electrons. The number of hydrogen-bond donors (Lipinski definition) is 4. The number of aliphatic hydroxyl groups excluding tert-OH is 1. The molecule has 110 valence electrons. The van der Waals surface area contributed by atoms with E-state index in [4.69, 9.17) is 5.11 Å². The highest BCUT2D eigenvalue weighted by Gasteiger charge is 2.23. The first-order valence-corrected chi connectivity index (χ1v) is 7.89. The molecule has 0 bridgehead atoms. The fraction of sp³-hybridized carbons (Fsp3) is 0.833. The number of hydrogen-bond acceptors (Lipinski definition) is 4. The molecule has 1 aliphatic carbocycles. The number of urea groups is 1. The minimum absolute atomic E-state index is 0.0263. The Kier molecular flexibility index (Phi) is 7.01. The number of carbonyl (C=O) groups excluding carboxylic acids is 1. The number of thioether (sulfide) groups is 1. The summed E-state index contributed by atoms with van der Waals surface area (Å²) in [6, 6.07) is -1.25. The molecule has 0 spiro atoms. The smallest absolute Gasteiger partial charge is 0.326 e. The molecule has 0 saturated heterocycles. The summed E-state index contributed by atoms with van der Waals surface area (Å²) in [5, 5.41) is 23.6. The van der Waals surface area contributed by atoms with Crippen molar-refractivity contribution < 1.29 is 19.8 Å². The molecule has 1 saturated carbocycles. The van der Waals surface area contributed by atoms with Crippen molar-refractivity contribution in [2.45, 2.75) is 50.3 Å². The topological polar surface area (TPSA) is 98.7 Å². The minimum Gasteiger partial charge on any atom is -0.480 e. The summed E-state index contributed by atoms with van der Waals surface area (Å²) in [6.45, 7) is 0. The molecule has 2 amide bonds. The zero-order chi connectivity index (χ0) is 14.3. The van der Waals surface area contributed by atoms with Crippen LogP contribution in [0.4, 0.5) is 4.79 Å². The number of carboxylic acids is 1. The van der Waals surface area contributed by atoms with Gasteiger partial charge in [0.25, 0.3) is 0 Å². The van der Waals surface area contributed by atoms with Gasteiger partial charge < -0.3 is 20.8 Å². The summed E-state index contributed by atoms with van der Waals surface area (Å²) in [6.07, 6.45) is 4.86. The molecule has 6 nitrogen and oxygen atoms in total. The molecule has 1 unspecified atom stereocenters. The standard InChI is InChI=1S/C12H22N2O4S/c1-19-7-6-10(11(16)17)14-12(18)13-8-2-4-9(15)5-3-8/h8-10,15H,2-7H2,1H3,(H,16,17)(H2,13,14,18). The Balaban J connectivity index is 2.33. The number of aliphatic hydroxyl groups is 1. The third-order valence-corrected chi connectivity index (χ3v) is 3.89. The second-order valence-corrected chi connectivity index (χ2v) is 5.78. The van der Waals surface area contributed by atoms with Crippen molar-refractivity contribution in [2.24, 2.45) is 0 Å². The Morgan fingerprint density at radius 2 is 1.95 bits per heavy atom. The summed E-state index contributed by atoms with van der Waals surface area (Å²) in [7, 11) is 0. The SMILES string of the molecule is CSCCC(NC(=O)NC1CCC(O)CC1)C(=O)O. The van der Waals surface area contributed by atoms with Crippen molar-refractivity contribution in [3.8, 4) is 0 Å². The molecule has 1 atom stereocenters. The maximum atomic E-state index is 11.7. The summed E-state index contributed by atoms with van der Waals surface area (Å²) >= 11 is 1.55. The lowest BCUT2D eigenvalue weighted by molar-refractivity contribution is -0.139. The zero-order valence-corrected chi connectivity index (χ0v) is 11.9. The van der Waals surface area contributed by atoms with Crippen LogP contribution in [0.2, 0.25) is 0 Å². The van der Waals surface area contributed by atoms with E-state index in [1.165, 1.54) is 0 Å². The van der Waals surface area contributed by atoms with Crippen LogP contribution in [0.15, 0.2) is 0 Å². The van der Waals surface area contributed by atoms with Gasteiger partial charge in [-0.3, -0.25) is 0 Å². The van der Waals surface area contributed by atoms with Gasteiger partial charge in [0.1, 0.15) is 6.04 Å². The maximum Gasteiger partial charge on any atom is 0.326 e. The van der Waals surface area contributed by atoms with Crippen LogP contribution in [0.1, 0.15) is 32.1 Å². The first kappa shape index (κ1) is 16.1. The molecule has 0 aromatic heterocycles. The molecule has 19 heavy (non-hydrogen) atoms. The lowest BCUT2D eigenvalue weighted by Crippen LogP contribution is -2.50. The van der Waals surface area contributed by atoms with Crippen LogP contribution < -0.4 is 10.6 Å². The van der Waals surface area contributed by atoms with Gasteiger partial charge in [0.15, 0.2) is 0 Å². The van der Waals surface area contributed by atoms with E-state index in [0.29, 0.717) is 25.0 Å². The van der Waals surface area contributed by atoms with Crippen molar-refractivity contribution in [1.29, 1.82) is 0 Å². The van der Waals surface area contributed by atoms with E-state index >= 15 is 0 Å². The molecule has 7 heteroatoms. The number of nitrogens with one attached hydrogen (secondary N) is 2. The lowest BCUT2D eigenvalue weighted by Gasteiger charge is -2.26. The highest BCUT2D eigenvalue weighted by Crippen LogP contribution is 2.18. The number of aliphatic carboxylic acids is 1. The zero-order valence-electron chi connectivity index (χ0n) is 11.1. The van der Waals surface area contributed by atoms with Crippen LogP contribution in [-0.4, -0.2) is 52.4 Å². The van der Waals surface area contributed by atoms with Crippen LogP contribution in [0, 0.1) is 0 Å². The highest BCUT2D eigenvalue weighted by molar-refractivity contribution is 7.98. The number of amides is 2. The lowest BCUT2D eigenvalue weighted by atomic mass is 9.93. The van der Waals surface area contributed by atoms with Gasteiger partial charge in [-0.25, -0.2) is 9.59 Å². The van der Waals surface area contributed by atoms with Gasteiger partial charge >= 0.3 is 12.0 Å². The van der Waals surface area contributed by atoms with Gasteiger partial charge in [0, 0.05) is 6.04 Å². The fourth-order valence-electron chi connectivity index (χ4n) is 2.10. The van der Waals surface area contributed by atoms with Gasteiger partial charge in [-0.1, -0.05) is 0 Å². The van der Waals surface area contributed by atoms with Crippen LogP contribution in [-0.2, 0) is 4.79 Å². The van der Waals surface area contributed by atoms with Crippen molar-refractivity contribution in [1.82, 2.24) is 10.6 Å². The van der Waals surface area contributed by atoms with Crippen molar-refractivity contribution >= 4 is 23.8 Å². The molecule has 0 aromatic carbocycles. The summed E-state index contributed by atoms with van der Waals surface area (Å²) in [4.78, 5) is 22.7. The van der Waals surface area contributed by atoms with E-state index in [1.807, 2.05) is 6.26 Å². The van der Waals surface area contributed by atoms with E-state index in [9.17, 15) is 14.7 Å². The van der Waals surface area contributed by atoms with Gasteiger partial charge in [-0.05, 0) is 44.1 Å². The molecular formula is C12H22N2O4S. The molecule has 0 aromatic rings. The number of rotatable bonds is 6. The first-order valence-electron chi connectivity index (χ1n) is 6.49. The van der Waals surface area contributed by atoms with Crippen LogP contribution in [0.3, 0.4) is 0 Å². The van der Waals surface area contributed by atoms with E-state index < -0.39 is 18.0 Å². The molecule has 1 rings (SSSR count). The Bertz CT molecular complexity index is 306. The van der Waals surface area contributed by atoms with Crippen molar-refractivity contribution in [2.75, 3.05) is 12.0 Å². The monoisotopic (exact) mass is 290 g/mol. The third kappa shape index (κ3) is 6.15. The molecular weight excluding hydrogens is 268 g/mol. The summed E-state index contributed by atoms with van der Waals surface area (Å²) in [5.41, 5.74) is 0. The second kappa shape index (κ2) is 8.27. The number of carboxylic acid groups (broad SMARTS) is 1. The van der Waals surface area contributed by atoms with E-state index in [0.717, 1.165) is 12.8 Å². The third-order valence-electron chi connectivity index (χ3n) is 3.25. The van der Waals surface area contributed by atoms with E-state index in [2.05, 4.69) is 10.6 Å². The van der Waals surface area contributed by atoms with Crippen molar-refractivity contribution in [3.05, 3.63) is 0 Å². The van der Waals surface area contributed by atoms with Crippen LogP contribution in [0.25, 0.3) is 0 Å².